The van der Waals surface area contributed by atoms with Crippen molar-refractivity contribution in [2.45, 2.75) is 31.6 Å². The molecule has 0 aromatic carbocycles. The third kappa shape index (κ3) is 4.65. The van der Waals surface area contributed by atoms with Gasteiger partial charge in [-0.25, -0.2) is 0 Å². The van der Waals surface area contributed by atoms with Gasteiger partial charge in [0.1, 0.15) is 0 Å². The molecule has 2 nitrogen and oxygen atoms in total. The van der Waals surface area contributed by atoms with Gasteiger partial charge in [-0.1, -0.05) is 0 Å². The molecule has 2 unspecified atom stereocenters. The lowest BCUT2D eigenvalue weighted by molar-refractivity contribution is -0.138. The van der Waals surface area contributed by atoms with Crippen molar-refractivity contribution in [2.24, 2.45) is 5.73 Å². The van der Waals surface area contributed by atoms with Crippen molar-refractivity contribution in [1.82, 2.24) is 4.90 Å². The molecule has 2 N–H and O–H groups in total. The Kier molecular flexibility index (Phi) is 4.97. The molecule has 98 valence electrons. The minimum Gasteiger partial charge on any atom is -0.326 e. The summed E-state index contributed by atoms with van der Waals surface area (Å²) in [6, 6.07) is 1.54. The standard InChI is InChI=1S/C11H17F3N2S/c1-8(15)10(9-3-6-17-7-9)16(2)5-4-11(12,13)14/h3,6-8,10H,4-5,15H2,1-2H3. The molecule has 0 aliphatic rings. The summed E-state index contributed by atoms with van der Waals surface area (Å²) in [5.74, 6) is 0. The Morgan fingerprint density at radius 1 is 1.47 bits per heavy atom. The quantitative estimate of drug-likeness (QED) is 0.887. The third-order valence-electron chi connectivity index (χ3n) is 2.61. The number of thiophene rings is 1. The van der Waals surface area contributed by atoms with Crippen molar-refractivity contribution in [3.05, 3.63) is 22.4 Å². The van der Waals surface area contributed by atoms with Crippen LogP contribution in [0.3, 0.4) is 0 Å². The van der Waals surface area contributed by atoms with Gasteiger partial charge in [-0.15, -0.1) is 0 Å². The van der Waals surface area contributed by atoms with Crippen LogP contribution in [0.15, 0.2) is 16.8 Å². The maximum Gasteiger partial charge on any atom is 0.390 e. The molecule has 1 heterocycles. The highest BCUT2D eigenvalue weighted by Crippen LogP contribution is 2.27. The van der Waals surface area contributed by atoms with Crippen LogP contribution in [-0.2, 0) is 0 Å². The van der Waals surface area contributed by atoms with Crippen molar-refractivity contribution in [3.8, 4) is 0 Å². The fourth-order valence-corrected chi connectivity index (χ4v) is 2.53. The Labute approximate surface area is 103 Å². The Hall–Kier alpha value is -0.590. The van der Waals surface area contributed by atoms with Crippen LogP contribution in [0.1, 0.15) is 24.9 Å². The van der Waals surface area contributed by atoms with E-state index in [4.69, 9.17) is 5.73 Å². The topological polar surface area (TPSA) is 29.3 Å². The van der Waals surface area contributed by atoms with Gasteiger partial charge in [-0.2, -0.15) is 24.5 Å². The van der Waals surface area contributed by atoms with Crippen molar-refractivity contribution in [2.75, 3.05) is 13.6 Å². The molecule has 6 heteroatoms. The molecule has 0 amide bonds. The van der Waals surface area contributed by atoms with Gasteiger partial charge in [-0.05, 0) is 36.4 Å². The highest BCUT2D eigenvalue weighted by molar-refractivity contribution is 7.07. The fraction of sp³-hybridized carbons (Fsp3) is 0.636. The van der Waals surface area contributed by atoms with E-state index < -0.39 is 12.6 Å². The molecular weight excluding hydrogens is 249 g/mol. The minimum atomic E-state index is -4.12. The summed E-state index contributed by atoms with van der Waals surface area (Å²) in [5, 5.41) is 3.83. The average molecular weight is 266 g/mol. The first-order chi connectivity index (χ1) is 7.81. The van der Waals surface area contributed by atoms with Crippen molar-refractivity contribution >= 4 is 11.3 Å². The van der Waals surface area contributed by atoms with E-state index >= 15 is 0 Å². The van der Waals surface area contributed by atoms with Gasteiger partial charge in [0, 0.05) is 12.6 Å². The van der Waals surface area contributed by atoms with E-state index in [0.717, 1.165) is 5.56 Å². The predicted octanol–water partition coefficient (Wildman–Crippen LogP) is 3.02. The number of nitrogens with two attached hydrogens (primary N) is 1. The van der Waals surface area contributed by atoms with E-state index in [1.165, 1.54) is 11.3 Å². The number of hydrogen-bond donors (Lipinski definition) is 1. The second kappa shape index (κ2) is 5.84. The molecule has 1 aromatic rings. The van der Waals surface area contributed by atoms with Crippen LogP contribution >= 0.6 is 11.3 Å². The molecule has 1 rings (SSSR count). The summed E-state index contributed by atoms with van der Waals surface area (Å²) in [5.41, 5.74) is 6.83. The molecule has 0 bridgehead atoms. The van der Waals surface area contributed by atoms with Gasteiger partial charge in [0.05, 0.1) is 12.5 Å². The summed E-state index contributed by atoms with van der Waals surface area (Å²) in [6.45, 7) is 1.78. The first-order valence-electron chi connectivity index (χ1n) is 5.36. The average Bonchev–Trinajstić information content (AvgIpc) is 2.66. The van der Waals surface area contributed by atoms with Gasteiger partial charge < -0.3 is 5.73 Å². The van der Waals surface area contributed by atoms with Crippen LogP contribution in [0.5, 0.6) is 0 Å². The maximum absolute atomic E-state index is 12.2. The van der Waals surface area contributed by atoms with Crippen LogP contribution in [-0.4, -0.2) is 30.7 Å². The van der Waals surface area contributed by atoms with Gasteiger partial charge in [0.15, 0.2) is 0 Å². The lowest BCUT2D eigenvalue weighted by Crippen LogP contribution is -2.38. The molecule has 0 fully saturated rings. The first kappa shape index (κ1) is 14.5. The second-order valence-corrected chi connectivity index (χ2v) is 4.99. The summed E-state index contributed by atoms with van der Waals surface area (Å²) in [4.78, 5) is 1.67. The lowest BCUT2D eigenvalue weighted by atomic mass is 10.0. The van der Waals surface area contributed by atoms with E-state index in [1.54, 1.807) is 11.9 Å². The molecule has 0 radical (unpaired) electrons. The third-order valence-corrected chi connectivity index (χ3v) is 3.31. The zero-order valence-electron chi connectivity index (χ0n) is 9.87. The van der Waals surface area contributed by atoms with Gasteiger partial charge >= 0.3 is 6.18 Å². The number of halogens is 3. The number of rotatable bonds is 5. The molecule has 0 saturated carbocycles. The van der Waals surface area contributed by atoms with Crippen LogP contribution in [0, 0.1) is 0 Å². The number of nitrogens with zero attached hydrogens (tertiary/aromatic N) is 1. The zero-order chi connectivity index (χ0) is 13.1. The van der Waals surface area contributed by atoms with Crippen molar-refractivity contribution in [1.29, 1.82) is 0 Å². The van der Waals surface area contributed by atoms with Crippen LogP contribution < -0.4 is 5.73 Å². The first-order valence-corrected chi connectivity index (χ1v) is 6.30. The Bertz CT molecular complexity index is 322. The highest BCUT2D eigenvalue weighted by Gasteiger charge is 2.29. The van der Waals surface area contributed by atoms with Gasteiger partial charge in [-0.3, -0.25) is 4.90 Å². The fourth-order valence-electron chi connectivity index (χ4n) is 1.84. The van der Waals surface area contributed by atoms with E-state index in [0.29, 0.717) is 0 Å². The molecular formula is C11H17F3N2S. The van der Waals surface area contributed by atoms with Crippen molar-refractivity contribution in [3.63, 3.8) is 0 Å². The molecule has 0 aliphatic heterocycles. The van der Waals surface area contributed by atoms with E-state index in [2.05, 4.69) is 0 Å². The van der Waals surface area contributed by atoms with Crippen LogP contribution in [0.2, 0.25) is 0 Å². The number of hydrogen-bond acceptors (Lipinski definition) is 3. The summed E-state index contributed by atoms with van der Waals surface area (Å²) in [6.07, 6.45) is -4.93. The molecule has 2 atom stereocenters. The normalized spacial score (nSPS) is 16.2. The second-order valence-electron chi connectivity index (χ2n) is 4.21. The zero-order valence-corrected chi connectivity index (χ0v) is 10.7. The largest absolute Gasteiger partial charge is 0.390 e. The maximum atomic E-state index is 12.2. The van der Waals surface area contributed by atoms with E-state index in [1.807, 2.05) is 23.8 Å². The Balaban J connectivity index is 2.66. The summed E-state index contributed by atoms with van der Waals surface area (Å²) >= 11 is 1.52. The summed E-state index contributed by atoms with van der Waals surface area (Å²) < 4.78 is 36.5. The smallest absolute Gasteiger partial charge is 0.326 e. The Morgan fingerprint density at radius 2 is 2.12 bits per heavy atom. The molecule has 0 saturated heterocycles. The number of alkyl halides is 3. The van der Waals surface area contributed by atoms with Crippen molar-refractivity contribution < 1.29 is 13.2 Å². The summed E-state index contributed by atoms with van der Waals surface area (Å²) in [7, 11) is 1.68. The monoisotopic (exact) mass is 266 g/mol. The van der Waals surface area contributed by atoms with Gasteiger partial charge in [0.25, 0.3) is 0 Å². The highest BCUT2D eigenvalue weighted by atomic mass is 32.1. The lowest BCUT2D eigenvalue weighted by Gasteiger charge is -2.30. The van der Waals surface area contributed by atoms with E-state index in [9.17, 15) is 13.2 Å². The molecule has 1 aromatic heterocycles. The number of likely N-dealkylation sites (N-methyl/N-ethyl adjacent to an activating group) is 1. The predicted molar refractivity (Wildman–Crippen MR) is 64.0 cm³/mol. The molecule has 17 heavy (non-hydrogen) atoms. The SMILES string of the molecule is CC(N)C(c1ccsc1)N(C)CCC(F)(F)F. The minimum absolute atomic E-state index is 0.0362. The molecule has 0 spiro atoms. The van der Waals surface area contributed by atoms with Crippen LogP contribution in [0.25, 0.3) is 0 Å². The van der Waals surface area contributed by atoms with Crippen LogP contribution in [0.4, 0.5) is 13.2 Å². The molecule has 0 aliphatic carbocycles. The Morgan fingerprint density at radius 3 is 2.53 bits per heavy atom. The van der Waals surface area contributed by atoms with Gasteiger partial charge in [0.2, 0.25) is 0 Å². The van der Waals surface area contributed by atoms with E-state index in [-0.39, 0.29) is 18.6 Å².